The third kappa shape index (κ3) is 1.76. The van der Waals surface area contributed by atoms with Gasteiger partial charge in [-0.3, -0.25) is 0 Å². The predicted molar refractivity (Wildman–Crippen MR) is 40.7 cm³/mol. The van der Waals surface area contributed by atoms with Gasteiger partial charge in [-0.05, 0) is 9.90 Å². The van der Waals surface area contributed by atoms with Crippen molar-refractivity contribution < 1.29 is 0 Å². The monoisotopic (exact) mass is 150 g/mol. The Morgan fingerprint density at radius 2 is 0.900 bits per heavy atom. The van der Waals surface area contributed by atoms with E-state index >= 15 is 0 Å². The van der Waals surface area contributed by atoms with E-state index in [2.05, 4.69) is 0 Å². The van der Waals surface area contributed by atoms with Crippen molar-refractivity contribution in [2.75, 3.05) is 0 Å². The molecule has 48 valence electrons. The van der Waals surface area contributed by atoms with Crippen LogP contribution in [0, 0.1) is 44.9 Å². The van der Waals surface area contributed by atoms with Crippen molar-refractivity contribution in [2.45, 2.75) is 0 Å². The summed E-state index contributed by atoms with van der Waals surface area (Å²) in [6, 6.07) is 0. The summed E-state index contributed by atoms with van der Waals surface area (Å²) in [5.41, 5.74) is 0. The lowest BCUT2D eigenvalue weighted by Gasteiger charge is -1.98. The van der Waals surface area contributed by atoms with Gasteiger partial charge in [0.05, 0.1) is 0 Å². The number of hydrogen-bond acceptors (Lipinski definition) is 4. The molecule has 0 aliphatic rings. The van der Waals surface area contributed by atoms with Gasteiger partial charge in [0, 0.05) is 0 Å². The second-order valence-electron chi connectivity index (χ2n) is 1.38. The molecule has 0 fully saturated rings. The second-order valence-corrected chi connectivity index (χ2v) is 1.38. The van der Waals surface area contributed by atoms with Gasteiger partial charge in [-0.15, -0.1) is 23.9 Å². The van der Waals surface area contributed by atoms with Crippen molar-refractivity contribution in [1.29, 1.82) is 21.0 Å². The first-order valence-electron chi connectivity index (χ1n) is 2.05. The summed E-state index contributed by atoms with van der Waals surface area (Å²) in [5, 5.41) is 32.3. The number of nitrogens with zero attached hydrogens (tertiary/aromatic N) is 4. The van der Waals surface area contributed by atoms with E-state index in [4.69, 9.17) is 21.0 Å². The van der Waals surface area contributed by atoms with Crippen LogP contribution in [0.3, 0.4) is 0 Å². The molecule has 1 unspecified atom stereocenters. The van der Waals surface area contributed by atoms with Crippen molar-refractivity contribution in [3.63, 3.8) is 0 Å². The van der Waals surface area contributed by atoms with E-state index in [-0.39, 0.29) is 9.90 Å². The van der Waals surface area contributed by atoms with Gasteiger partial charge in [0.15, 0.2) is 0 Å². The van der Waals surface area contributed by atoms with Crippen LogP contribution in [0.15, 0.2) is 0 Å². The maximum atomic E-state index is 8.09. The first-order chi connectivity index (χ1) is 4.24. The zero-order chi connectivity index (χ0) is 7.33. The third-order valence-corrected chi connectivity index (χ3v) is 0.775. The fourth-order valence-electron chi connectivity index (χ4n) is 0.173. The quantitative estimate of drug-likeness (QED) is 0.342. The molecular weight excluding hydrogens is 146 g/mol. The molecule has 0 saturated heterocycles. The average Bonchev–Trinajstić information content (AvgIpc) is 1.95. The lowest BCUT2D eigenvalue weighted by Crippen LogP contribution is -2.26. The molecule has 0 aliphatic carbocycles. The van der Waals surface area contributed by atoms with Gasteiger partial charge in [0.2, 0.25) is 0 Å². The highest BCUT2D eigenvalue weighted by Crippen LogP contribution is 1.92. The summed E-state index contributed by atoms with van der Waals surface area (Å²) in [6.45, 7) is 0. The van der Waals surface area contributed by atoms with E-state index in [0.717, 1.165) is 0 Å². The lowest BCUT2D eigenvalue weighted by atomic mass is 9.30. The third-order valence-electron chi connectivity index (χ3n) is 0.775. The summed E-state index contributed by atoms with van der Waals surface area (Å²) in [4.78, 5) is 0. The van der Waals surface area contributed by atoms with Crippen molar-refractivity contribution >= 4 is 16.0 Å². The van der Waals surface area contributed by atoms with Gasteiger partial charge in [-0.1, -0.05) is 0 Å². The highest BCUT2D eigenvalue weighted by molar-refractivity contribution is 7.05. The molecule has 0 aromatic heterocycles. The Morgan fingerprint density at radius 1 is 0.700 bits per heavy atom. The molecule has 0 aromatic carbocycles. The summed E-state index contributed by atoms with van der Waals surface area (Å²) in [5.74, 6) is 5.38. The number of nitriles is 4. The highest BCUT2D eigenvalue weighted by atomic mass is 31.0. The summed E-state index contributed by atoms with van der Waals surface area (Å²) >= 11 is 0. The topological polar surface area (TPSA) is 95.2 Å². The van der Waals surface area contributed by atoms with Gasteiger partial charge >= 0.3 is 6.15 Å². The molecule has 6 heteroatoms. The predicted octanol–water partition coefficient (Wildman–Crippen LogP) is -0.523. The van der Waals surface area contributed by atoms with Crippen molar-refractivity contribution in [2.24, 2.45) is 0 Å². The Balaban J connectivity index is 0. The van der Waals surface area contributed by atoms with E-state index in [0.29, 0.717) is 0 Å². The molecule has 0 rings (SSSR count). The Hall–Kier alpha value is -1.55. The van der Waals surface area contributed by atoms with Gasteiger partial charge in [-0.25, -0.2) is 21.0 Å². The summed E-state index contributed by atoms with van der Waals surface area (Å²) < 4.78 is 0. The smallest absolute Gasteiger partial charge is 0.245 e. The fourth-order valence-corrected chi connectivity index (χ4v) is 0.173. The first-order valence-corrected chi connectivity index (χ1v) is 2.05. The van der Waals surface area contributed by atoms with Crippen LogP contribution >= 0.6 is 9.90 Å². The van der Waals surface area contributed by atoms with Crippen LogP contribution in [0.4, 0.5) is 0 Å². The van der Waals surface area contributed by atoms with Crippen LogP contribution in [0.1, 0.15) is 0 Å². The van der Waals surface area contributed by atoms with Gasteiger partial charge < -0.3 is 0 Å². The van der Waals surface area contributed by atoms with Crippen LogP contribution in [0.5, 0.6) is 0 Å². The van der Waals surface area contributed by atoms with E-state index in [9.17, 15) is 0 Å². The molecule has 0 N–H and O–H groups in total. The first kappa shape index (κ1) is 11.3. The van der Waals surface area contributed by atoms with Gasteiger partial charge in [0.25, 0.3) is 0 Å². The molecule has 0 spiro atoms. The lowest BCUT2D eigenvalue weighted by molar-refractivity contribution is 1.50. The van der Waals surface area contributed by atoms with Crippen LogP contribution in [0.2, 0.25) is 0 Å². The van der Waals surface area contributed by atoms with Gasteiger partial charge in [-0.2, -0.15) is 0 Å². The van der Waals surface area contributed by atoms with Gasteiger partial charge in [0.1, 0.15) is 0 Å². The normalized spacial score (nSPS) is 6.80. The average molecular weight is 150 g/mol. The minimum Gasteiger partial charge on any atom is -0.245 e. The summed E-state index contributed by atoms with van der Waals surface area (Å²) in [7, 11) is 0. The van der Waals surface area contributed by atoms with Crippen LogP contribution in [-0.2, 0) is 0 Å². The minimum absolute atomic E-state index is 0. The maximum absolute atomic E-state index is 8.09. The maximum Gasteiger partial charge on any atom is 0.383 e. The van der Waals surface area contributed by atoms with Crippen LogP contribution < -0.4 is 0 Å². The summed E-state index contributed by atoms with van der Waals surface area (Å²) in [6.07, 6.45) is -2.72. The van der Waals surface area contributed by atoms with E-state index < -0.39 is 6.15 Å². The molecule has 1 atom stereocenters. The van der Waals surface area contributed by atoms with Crippen molar-refractivity contribution in [3.05, 3.63) is 0 Å². The number of hydrogen-bond donors (Lipinski definition) is 0. The molecule has 0 heterocycles. The standard InChI is InChI=1S/C4BN4.H3P/c6-1-5(2-7,3-8)4-9;/h;1H3/q-1;/p+1. The molecule has 0 radical (unpaired) electrons. The van der Waals surface area contributed by atoms with E-state index in [1.54, 1.807) is 0 Å². The van der Waals surface area contributed by atoms with Crippen molar-refractivity contribution in [1.82, 2.24) is 0 Å². The molecule has 0 aliphatic heterocycles. The van der Waals surface area contributed by atoms with E-state index in [1.807, 2.05) is 0 Å². The molecule has 0 bridgehead atoms. The molecule has 4 nitrogen and oxygen atoms in total. The highest BCUT2D eigenvalue weighted by Gasteiger charge is 2.22. The Morgan fingerprint density at radius 3 is 0.900 bits per heavy atom. The largest absolute Gasteiger partial charge is 0.383 e. The zero-order valence-electron chi connectivity index (χ0n) is 5.37. The fraction of sp³-hybridized carbons (Fsp3) is 0. The molecule has 0 amide bonds. The zero-order valence-corrected chi connectivity index (χ0v) is 7.37. The SMILES string of the molecule is N#C[B-](C#N)(C#N)C#N.[PH4+]. The van der Waals surface area contributed by atoms with E-state index in [1.165, 1.54) is 23.9 Å². The Bertz CT molecular complexity index is 210. The van der Waals surface area contributed by atoms with Crippen LogP contribution in [-0.4, -0.2) is 6.15 Å². The molecular formula is C4H4BN4P. The minimum atomic E-state index is -2.72. The second kappa shape index (κ2) is 4.35. The molecule has 10 heavy (non-hydrogen) atoms. The molecule has 0 aromatic rings. The van der Waals surface area contributed by atoms with Crippen molar-refractivity contribution in [3.8, 4) is 23.9 Å². The number of rotatable bonds is 0. The van der Waals surface area contributed by atoms with Crippen LogP contribution in [0.25, 0.3) is 0 Å². The Labute approximate surface area is 61.8 Å². The molecule has 0 saturated carbocycles. The Kier molecular flexibility index (Phi) is 4.90.